The highest BCUT2D eigenvalue weighted by atomic mass is 19.4. The Hall–Kier alpha value is -2.51. The third kappa shape index (κ3) is 3.69. The van der Waals surface area contributed by atoms with Crippen molar-refractivity contribution in [2.45, 2.75) is 6.18 Å². The van der Waals surface area contributed by atoms with E-state index in [4.69, 9.17) is 0 Å². The van der Waals surface area contributed by atoms with Crippen LogP contribution in [0, 0.1) is 0 Å². The van der Waals surface area contributed by atoms with Crippen LogP contribution >= 0.6 is 0 Å². The van der Waals surface area contributed by atoms with Gasteiger partial charge >= 0.3 is 12.2 Å². The predicted molar refractivity (Wildman–Crippen MR) is 85.0 cm³/mol. The van der Waals surface area contributed by atoms with E-state index in [9.17, 15) is 18.0 Å². The van der Waals surface area contributed by atoms with Crippen molar-refractivity contribution < 1.29 is 18.0 Å². The molecular formula is C16H17F3N4O. The molecule has 1 N–H and O–H groups in total. The van der Waals surface area contributed by atoms with Crippen LogP contribution in [0.3, 0.4) is 0 Å². The molecule has 1 saturated heterocycles. The number of carbonyl (C=O) groups is 1. The Balaban J connectivity index is 1.63. The topological polar surface area (TPSA) is 48.5 Å². The highest BCUT2D eigenvalue weighted by molar-refractivity contribution is 5.93. The summed E-state index contributed by atoms with van der Waals surface area (Å²) in [5.74, 6) is 0. The fourth-order valence-electron chi connectivity index (χ4n) is 2.79. The molecule has 0 bridgehead atoms. The molecule has 8 heteroatoms. The largest absolute Gasteiger partial charge is 0.405 e. The number of carbonyl (C=O) groups excluding carboxylic acids is 1. The zero-order chi connectivity index (χ0) is 17.2. The van der Waals surface area contributed by atoms with E-state index in [1.807, 2.05) is 29.6 Å². The van der Waals surface area contributed by atoms with Crippen LogP contribution in [-0.4, -0.2) is 54.8 Å². The Morgan fingerprint density at radius 1 is 1.12 bits per heavy atom. The van der Waals surface area contributed by atoms with Gasteiger partial charge in [0.1, 0.15) is 6.54 Å². The minimum Gasteiger partial charge on any atom is -0.366 e. The number of nitrogens with one attached hydrogen (secondary N) is 1. The summed E-state index contributed by atoms with van der Waals surface area (Å²) < 4.78 is 36.5. The number of anilines is 1. The fraction of sp³-hybridized carbons (Fsp3) is 0.375. The Bertz CT molecular complexity index is 721. The summed E-state index contributed by atoms with van der Waals surface area (Å²) in [6.07, 6.45) is -0.826. The van der Waals surface area contributed by atoms with Crippen molar-refractivity contribution in [1.82, 2.24) is 15.2 Å². The average Bonchev–Trinajstić information content (AvgIpc) is 2.59. The second-order valence-electron chi connectivity index (χ2n) is 5.63. The van der Waals surface area contributed by atoms with Crippen molar-refractivity contribution in [3.8, 4) is 0 Å². The van der Waals surface area contributed by atoms with Crippen molar-refractivity contribution in [2.75, 3.05) is 37.6 Å². The van der Waals surface area contributed by atoms with Gasteiger partial charge in [0.2, 0.25) is 0 Å². The number of hydrogen-bond donors (Lipinski definition) is 1. The van der Waals surface area contributed by atoms with Crippen LogP contribution in [0.1, 0.15) is 0 Å². The van der Waals surface area contributed by atoms with E-state index < -0.39 is 18.8 Å². The maximum absolute atomic E-state index is 12.2. The summed E-state index contributed by atoms with van der Waals surface area (Å²) >= 11 is 0. The predicted octanol–water partition coefficient (Wildman–Crippen LogP) is 2.63. The highest BCUT2D eigenvalue weighted by Gasteiger charge is 2.29. The van der Waals surface area contributed by atoms with Crippen LogP contribution in [0.2, 0.25) is 0 Å². The number of halogens is 3. The molecule has 24 heavy (non-hydrogen) atoms. The second-order valence-corrected chi connectivity index (χ2v) is 5.63. The molecule has 2 aromatic rings. The number of hydrogen-bond acceptors (Lipinski definition) is 3. The van der Waals surface area contributed by atoms with Gasteiger partial charge in [0, 0.05) is 43.1 Å². The van der Waals surface area contributed by atoms with Crippen LogP contribution in [0.15, 0.2) is 36.7 Å². The standard InChI is InChI=1S/C16H17F3N4O/c17-16(18,19)11-21-15(24)23-7-5-22(6-8-23)14-10-20-9-12-3-1-2-4-13(12)14/h1-4,9-10H,5-8,11H2,(H,21,24). The number of amides is 2. The Labute approximate surface area is 137 Å². The molecule has 0 radical (unpaired) electrons. The quantitative estimate of drug-likeness (QED) is 0.916. The van der Waals surface area contributed by atoms with Crippen LogP contribution in [0.25, 0.3) is 10.8 Å². The average molecular weight is 338 g/mol. The zero-order valence-electron chi connectivity index (χ0n) is 12.9. The first-order valence-corrected chi connectivity index (χ1v) is 7.61. The van der Waals surface area contributed by atoms with Crippen LogP contribution < -0.4 is 10.2 Å². The Morgan fingerprint density at radius 3 is 2.54 bits per heavy atom. The van der Waals surface area contributed by atoms with Gasteiger partial charge in [0.15, 0.2) is 0 Å². The fourth-order valence-corrected chi connectivity index (χ4v) is 2.79. The van der Waals surface area contributed by atoms with Crippen molar-refractivity contribution >= 4 is 22.5 Å². The number of fused-ring (bicyclic) bond motifs is 1. The monoisotopic (exact) mass is 338 g/mol. The Morgan fingerprint density at radius 2 is 1.83 bits per heavy atom. The third-order valence-electron chi connectivity index (χ3n) is 3.99. The first-order valence-electron chi connectivity index (χ1n) is 7.61. The molecule has 3 rings (SSSR count). The summed E-state index contributed by atoms with van der Waals surface area (Å²) in [6, 6.07) is 7.20. The van der Waals surface area contributed by atoms with E-state index >= 15 is 0 Å². The maximum atomic E-state index is 12.2. The van der Waals surface area contributed by atoms with E-state index in [0.717, 1.165) is 16.5 Å². The lowest BCUT2D eigenvalue weighted by molar-refractivity contribution is -0.123. The zero-order valence-corrected chi connectivity index (χ0v) is 12.9. The van der Waals surface area contributed by atoms with Crippen molar-refractivity contribution in [3.63, 3.8) is 0 Å². The van der Waals surface area contributed by atoms with Crippen molar-refractivity contribution in [1.29, 1.82) is 0 Å². The van der Waals surface area contributed by atoms with Crippen LogP contribution in [0.5, 0.6) is 0 Å². The molecule has 0 aliphatic carbocycles. The van der Waals surface area contributed by atoms with E-state index in [2.05, 4.69) is 9.88 Å². The number of alkyl halides is 3. The summed E-state index contributed by atoms with van der Waals surface area (Å²) in [4.78, 5) is 19.5. The molecule has 5 nitrogen and oxygen atoms in total. The molecule has 1 aliphatic rings. The number of urea groups is 1. The van der Waals surface area contributed by atoms with E-state index in [-0.39, 0.29) is 0 Å². The highest BCUT2D eigenvalue weighted by Crippen LogP contribution is 2.26. The van der Waals surface area contributed by atoms with Gasteiger partial charge in [0.05, 0.1) is 11.9 Å². The number of pyridine rings is 1. The van der Waals surface area contributed by atoms with Gasteiger partial charge in [-0.2, -0.15) is 13.2 Å². The molecule has 1 fully saturated rings. The molecular weight excluding hydrogens is 321 g/mol. The molecule has 0 saturated carbocycles. The molecule has 128 valence electrons. The molecule has 0 unspecified atom stereocenters. The summed E-state index contributed by atoms with van der Waals surface area (Å²) in [6.45, 7) is 0.531. The Kier molecular flexibility index (Phi) is 4.46. The van der Waals surface area contributed by atoms with Crippen molar-refractivity contribution in [3.05, 3.63) is 36.7 Å². The first-order chi connectivity index (χ1) is 11.4. The molecule has 0 atom stereocenters. The van der Waals surface area contributed by atoms with Crippen LogP contribution in [-0.2, 0) is 0 Å². The molecule has 1 aliphatic heterocycles. The second kappa shape index (κ2) is 6.54. The summed E-state index contributed by atoms with van der Waals surface area (Å²) in [5, 5.41) is 4.01. The smallest absolute Gasteiger partial charge is 0.366 e. The van der Waals surface area contributed by atoms with Gasteiger partial charge < -0.3 is 15.1 Å². The van der Waals surface area contributed by atoms with E-state index in [1.165, 1.54) is 4.90 Å². The normalized spacial score (nSPS) is 15.6. The number of aromatic nitrogens is 1. The lowest BCUT2D eigenvalue weighted by Crippen LogP contribution is -2.53. The van der Waals surface area contributed by atoms with E-state index in [1.54, 1.807) is 12.4 Å². The first kappa shape index (κ1) is 16.4. The van der Waals surface area contributed by atoms with Crippen molar-refractivity contribution in [2.24, 2.45) is 0 Å². The molecule has 2 heterocycles. The molecule has 1 aromatic carbocycles. The number of nitrogens with zero attached hydrogens (tertiary/aromatic N) is 3. The lowest BCUT2D eigenvalue weighted by Gasteiger charge is -2.36. The number of rotatable bonds is 2. The molecule has 2 amide bonds. The van der Waals surface area contributed by atoms with Gasteiger partial charge in [-0.15, -0.1) is 0 Å². The maximum Gasteiger partial charge on any atom is 0.405 e. The van der Waals surface area contributed by atoms with Crippen LogP contribution in [0.4, 0.5) is 23.7 Å². The van der Waals surface area contributed by atoms with E-state index in [0.29, 0.717) is 26.2 Å². The SMILES string of the molecule is O=C(NCC(F)(F)F)N1CCN(c2cncc3ccccc23)CC1. The number of benzene rings is 1. The molecule has 0 spiro atoms. The van der Waals surface area contributed by atoms with Gasteiger partial charge in [-0.25, -0.2) is 4.79 Å². The molecule has 1 aromatic heterocycles. The summed E-state index contributed by atoms with van der Waals surface area (Å²) in [5.41, 5.74) is 0.975. The summed E-state index contributed by atoms with van der Waals surface area (Å²) in [7, 11) is 0. The van der Waals surface area contributed by atoms with Gasteiger partial charge in [-0.05, 0) is 0 Å². The minimum atomic E-state index is -4.40. The third-order valence-corrected chi connectivity index (χ3v) is 3.99. The van der Waals surface area contributed by atoms with Gasteiger partial charge in [-0.3, -0.25) is 4.98 Å². The van der Waals surface area contributed by atoms with Gasteiger partial charge in [-0.1, -0.05) is 24.3 Å². The minimum absolute atomic E-state index is 0.368. The van der Waals surface area contributed by atoms with Gasteiger partial charge in [0.25, 0.3) is 0 Å². The lowest BCUT2D eigenvalue weighted by atomic mass is 10.1. The number of piperazine rings is 1.